The molecule has 4 rings (SSSR count). The van der Waals surface area contributed by atoms with E-state index in [2.05, 4.69) is 17.1 Å². The van der Waals surface area contributed by atoms with Gasteiger partial charge in [-0.25, -0.2) is 4.98 Å². The van der Waals surface area contributed by atoms with Gasteiger partial charge < -0.3 is 15.3 Å². The molecular formula is C28H31ClN2O4. The summed E-state index contributed by atoms with van der Waals surface area (Å²) in [5.41, 5.74) is 9.69. The minimum atomic E-state index is -0.856. The first-order chi connectivity index (χ1) is 16.8. The fraction of sp³-hybridized carbons (Fsp3) is 0.393. The zero-order valence-corrected chi connectivity index (χ0v) is 20.7. The number of aryl methyl sites for hydroxylation is 1. The molecule has 2 aromatic rings. The fourth-order valence-electron chi connectivity index (χ4n) is 5.74. The highest BCUT2D eigenvalue weighted by Crippen LogP contribution is 2.57. The molecule has 0 radical (unpaired) electrons. The minimum Gasteiger partial charge on any atom is -0.481 e. The van der Waals surface area contributed by atoms with Gasteiger partial charge in [0, 0.05) is 22.4 Å². The number of hydrogen-bond donors (Lipinski definition) is 2. The lowest BCUT2D eigenvalue weighted by Gasteiger charge is -2.45. The van der Waals surface area contributed by atoms with Crippen LogP contribution in [0.2, 0.25) is 5.02 Å². The largest absolute Gasteiger partial charge is 0.481 e. The number of carboxylic acids is 1. The second-order valence-electron chi connectivity index (χ2n) is 9.43. The van der Waals surface area contributed by atoms with Gasteiger partial charge in [0.2, 0.25) is 11.8 Å². The summed E-state index contributed by atoms with van der Waals surface area (Å²) >= 11 is 6.04. The molecule has 1 amide bonds. The normalized spacial score (nSPS) is 22.5. The lowest BCUT2D eigenvalue weighted by atomic mass is 9.58. The first-order valence-electron chi connectivity index (χ1n) is 12.1. The maximum atomic E-state index is 12.7. The zero-order chi connectivity index (χ0) is 25.0. The molecule has 1 heterocycles. The van der Waals surface area contributed by atoms with Crippen LogP contribution in [0.15, 0.2) is 75.6 Å². The molecular weight excluding hydrogens is 464 g/mol. The van der Waals surface area contributed by atoms with Crippen LogP contribution in [0.4, 0.5) is 0 Å². The van der Waals surface area contributed by atoms with Crippen LogP contribution in [0.3, 0.4) is 0 Å². The average molecular weight is 495 g/mol. The van der Waals surface area contributed by atoms with Crippen molar-refractivity contribution in [2.24, 2.45) is 11.1 Å². The topological polar surface area (TPSA) is 106 Å². The summed E-state index contributed by atoms with van der Waals surface area (Å²) in [5, 5.41) is 10.3. The summed E-state index contributed by atoms with van der Waals surface area (Å²) < 4.78 is 5.79. The number of primary amides is 1. The lowest BCUT2D eigenvalue weighted by molar-refractivity contribution is -0.137. The molecule has 35 heavy (non-hydrogen) atoms. The third kappa shape index (κ3) is 5.27. The predicted octanol–water partition coefficient (Wildman–Crippen LogP) is 6.14. The van der Waals surface area contributed by atoms with Crippen molar-refractivity contribution < 1.29 is 19.1 Å². The summed E-state index contributed by atoms with van der Waals surface area (Å²) in [4.78, 5) is 29.0. The van der Waals surface area contributed by atoms with E-state index in [4.69, 9.17) is 21.8 Å². The first-order valence-corrected chi connectivity index (χ1v) is 12.5. The highest BCUT2D eigenvalue weighted by atomic mass is 35.5. The third-order valence-corrected chi connectivity index (χ3v) is 7.53. The van der Waals surface area contributed by atoms with Gasteiger partial charge in [-0.1, -0.05) is 41.5 Å². The quantitative estimate of drug-likeness (QED) is 0.407. The van der Waals surface area contributed by atoms with Crippen molar-refractivity contribution in [3.05, 3.63) is 87.6 Å². The molecule has 0 aliphatic heterocycles. The van der Waals surface area contributed by atoms with Gasteiger partial charge in [-0.3, -0.25) is 9.59 Å². The van der Waals surface area contributed by atoms with Crippen LogP contribution in [0.1, 0.15) is 69.2 Å². The Bertz CT molecular complexity index is 1180. The van der Waals surface area contributed by atoms with E-state index < -0.39 is 23.2 Å². The van der Waals surface area contributed by atoms with Crippen molar-refractivity contribution in [1.29, 1.82) is 0 Å². The molecule has 3 N–H and O–H groups in total. The third-order valence-electron chi connectivity index (χ3n) is 7.28. The highest BCUT2D eigenvalue weighted by Gasteiger charge is 2.48. The average Bonchev–Trinajstić information content (AvgIpc) is 3.36. The summed E-state index contributed by atoms with van der Waals surface area (Å²) in [5.74, 6) is -1.27. The van der Waals surface area contributed by atoms with Crippen LogP contribution in [-0.4, -0.2) is 22.0 Å². The van der Waals surface area contributed by atoms with Crippen molar-refractivity contribution in [3.8, 4) is 0 Å². The SMILES string of the molecule is CC1=C(C(N)=O)C(CCc2ccc(Cl)cc2)=CC(CCC(=O)O)(C2=CCCCC2)C1c1ncco1. The van der Waals surface area contributed by atoms with Crippen molar-refractivity contribution in [3.63, 3.8) is 0 Å². The van der Waals surface area contributed by atoms with Crippen molar-refractivity contribution >= 4 is 23.5 Å². The van der Waals surface area contributed by atoms with Crippen LogP contribution in [0, 0.1) is 5.41 Å². The van der Waals surface area contributed by atoms with E-state index in [1.54, 1.807) is 6.20 Å². The second-order valence-corrected chi connectivity index (χ2v) is 9.87. The summed E-state index contributed by atoms with van der Waals surface area (Å²) in [7, 11) is 0. The van der Waals surface area contributed by atoms with Crippen molar-refractivity contribution in [2.75, 3.05) is 0 Å². The van der Waals surface area contributed by atoms with E-state index >= 15 is 0 Å². The smallest absolute Gasteiger partial charge is 0.303 e. The van der Waals surface area contributed by atoms with E-state index in [1.165, 1.54) is 11.8 Å². The number of carboxylic acid groups (broad SMARTS) is 1. The summed E-state index contributed by atoms with van der Waals surface area (Å²) in [6.45, 7) is 1.91. The molecule has 6 nitrogen and oxygen atoms in total. The van der Waals surface area contributed by atoms with E-state index in [1.807, 2.05) is 31.2 Å². The number of nitrogens with zero attached hydrogens (tertiary/aromatic N) is 1. The number of hydrogen-bond acceptors (Lipinski definition) is 4. The molecule has 1 aromatic carbocycles. The van der Waals surface area contributed by atoms with Crippen molar-refractivity contribution in [2.45, 2.75) is 64.2 Å². The maximum Gasteiger partial charge on any atom is 0.303 e. The number of nitrogens with two attached hydrogens (primary N) is 1. The zero-order valence-electron chi connectivity index (χ0n) is 19.9. The molecule has 2 unspecified atom stereocenters. The number of carbonyl (C=O) groups excluding carboxylic acids is 1. The monoisotopic (exact) mass is 494 g/mol. The van der Waals surface area contributed by atoms with Gasteiger partial charge in [-0.05, 0) is 80.7 Å². The van der Waals surface area contributed by atoms with Gasteiger partial charge in [0.15, 0.2) is 0 Å². The molecule has 0 fully saturated rings. The van der Waals surface area contributed by atoms with Gasteiger partial charge in [0.25, 0.3) is 0 Å². The number of carbonyl (C=O) groups is 2. The number of oxazole rings is 1. The number of rotatable bonds is 9. The maximum absolute atomic E-state index is 12.7. The molecule has 0 saturated carbocycles. The number of allylic oxidation sites excluding steroid dienone is 4. The number of aliphatic carboxylic acids is 1. The number of aromatic nitrogens is 1. The fourth-order valence-corrected chi connectivity index (χ4v) is 5.87. The summed E-state index contributed by atoms with van der Waals surface area (Å²) in [6.07, 6.45) is 13.1. The van der Waals surface area contributed by atoms with Gasteiger partial charge in [0.05, 0.1) is 12.1 Å². The molecule has 184 valence electrons. The van der Waals surface area contributed by atoms with Gasteiger partial charge in [0.1, 0.15) is 6.26 Å². The Morgan fingerprint density at radius 1 is 1.23 bits per heavy atom. The molecule has 2 atom stereocenters. The Kier molecular flexibility index (Phi) is 7.60. The van der Waals surface area contributed by atoms with Crippen LogP contribution in [0.5, 0.6) is 0 Å². The van der Waals surface area contributed by atoms with E-state index in [-0.39, 0.29) is 6.42 Å². The highest BCUT2D eigenvalue weighted by molar-refractivity contribution is 6.30. The second kappa shape index (κ2) is 10.6. The van der Waals surface area contributed by atoms with Crippen LogP contribution in [0.25, 0.3) is 0 Å². The van der Waals surface area contributed by atoms with Gasteiger partial charge in [-0.15, -0.1) is 0 Å². The van der Waals surface area contributed by atoms with E-state index in [0.717, 1.165) is 42.4 Å². The standard InChI is InChI=1S/C28H31ClN2O4/c1-18-24(26(30)34)20(10-7-19-8-11-22(29)12-9-19)17-28(14-13-23(32)33,21-5-3-2-4-6-21)25(18)27-31-15-16-35-27/h5,8-9,11-12,15-17,25H,2-4,6-7,10,13-14H2,1H3,(H2,30,34)(H,32,33). The van der Waals surface area contributed by atoms with Crippen molar-refractivity contribution in [1.82, 2.24) is 4.98 Å². The van der Waals surface area contributed by atoms with E-state index in [9.17, 15) is 14.7 Å². The molecule has 1 aromatic heterocycles. The van der Waals surface area contributed by atoms with Crippen LogP contribution < -0.4 is 5.73 Å². The number of halogens is 1. The Labute approximate surface area is 210 Å². The van der Waals surface area contributed by atoms with Crippen LogP contribution in [-0.2, 0) is 16.0 Å². The lowest BCUT2D eigenvalue weighted by Crippen LogP contribution is -2.37. The number of amides is 1. The molecule has 2 aliphatic carbocycles. The number of benzene rings is 1. The molecule has 7 heteroatoms. The Hall–Kier alpha value is -3.12. The summed E-state index contributed by atoms with van der Waals surface area (Å²) in [6, 6.07) is 7.65. The Morgan fingerprint density at radius 2 is 2.00 bits per heavy atom. The van der Waals surface area contributed by atoms with E-state index in [0.29, 0.717) is 35.7 Å². The Balaban J connectivity index is 1.86. The van der Waals surface area contributed by atoms with Gasteiger partial charge >= 0.3 is 5.97 Å². The van der Waals surface area contributed by atoms with Crippen LogP contribution >= 0.6 is 11.6 Å². The molecule has 0 bridgehead atoms. The Morgan fingerprint density at radius 3 is 2.60 bits per heavy atom. The predicted molar refractivity (Wildman–Crippen MR) is 135 cm³/mol. The molecule has 0 saturated heterocycles. The molecule has 0 spiro atoms. The minimum absolute atomic E-state index is 0.00526. The van der Waals surface area contributed by atoms with Gasteiger partial charge in [-0.2, -0.15) is 0 Å². The molecule has 2 aliphatic rings. The first kappa shape index (κ1) is 25.0.